The molecule has 3 atom stereocenters. The quantitative estimate of drug-likeness (QED) is 0.836. The van der Waals surface area contributed by atoms with Crippen molar-refractivity contribution in [2.75, 3.05) is 18.5 Å². The highest BCUT2D eigenvalue weighted by Gasteiger charge is 2.46. The molecule has 1 aromatic heterocycles. The predicted molar refractivity (Wildman–Crippen MR) is 94.1 cm³/mol. The molecular formula is C19H20ClNO4. The highest BCUT2D eigenvalue weighted by atomic mass is 35.5. The second-order valence-corrected chi connectivity index (χ2v) is 6.98. The molecule has 0 radical (unpaired) electrons. The van der Waals surface area contributed by atoms with Crippen molar-refractivity contribution in [3.63, 3.8) is 0 Å². The van der Waals surface area contributed by atoms with Gasteiger partial charge in [-0.25, -0.2) is 0 Å². The van der Waals surface area contributed by atoms with Crippen molar-refractivity contribution in [3.05, 3.63) is 47.4 Å². The highest BCUT2D eigenvalue weighted by molar-refractivity contribution is 6.31. The minimum Gasteiger partial charge on any atom is -0.489 e. The summed E-state index contributed by atoms with van der Waals surface area (Å²) < 4.78 is 16.8. The lowest BCUT2D eigenvalue weighted by Gasteiger charge is -2.15. The van der Waals surface area contributed by atoms with Gasteiger partial charge in [0.05, 0.1) is 18.1 Å². The molecule has 25 heavy (non-hydrogen) atoms. The van der Waals surface area contributed by atoms with Crippen LogP contribution in [0.3, 0.4) is 0 Å². The van der Waals surface area contributed by atoms with Gasteiger partial charge in [0.2, 0.25) is 5.91 Å². The Labute approximate surface area is 151 Å². The topological polar surface area (TPSA) is 60.7 Å². The van der Waals surface area contributed by atoms with Crippen LogP contribution in [0.2, 0.25) is 5.02 Å². The maximum atomic E-state index is 12.5. The van der Waals surface area contributed by atoms with E-state index in [1.807, 2.05) is 12.1 Å². The second kappa shape index (κ2) is 7.10. The summed E-state index contributed by atoms with van der Waals surface area (Å²) in [5.41, 5.74) is 0.598. The van der Waals surface area contributed by atoms with E-state index < -0.39 is 0 Å². The molecule has 132 valence electrons. The molecule has 0 bridgehead atoms. The van der Waals surface area contributed by atoms with Crippen LogP contribution in [0.5, 0.6) is 5.75 Å². The molecule has 6 heteroatoms. The minimum atomic E-state index is -0.0730. The smallest absolute Gasteiger partial charge is 0.228 e. The molecule has 3 unspecified atom stereocenters. The van der Waals surface area contributed by atoms with E-state index in [1.165, 1.54) is 0 Å². The molecule has 4 rings (SSSR count). The van der Waals surface area contributed by atoms with Gasteiger partial charge in [-0.15, -0.1) is 0 Å². The van der Waals surface area contributed by atoms with Gasteiger partial charge >= 0.3 is 0 Å². The summed E-state index contributed by atoms with van der Waals surface area (Å²) >= 11 is 6.09. The highest BCUT2D eigenvalue weighted by Crippen LogP contribution is 2.48. The van der Waals surface area contributed by atoms with Crippen LogP contribution in [-0.2, 0) is 9.53 Å². The van der Waals surface area contributed by atoms with Gasteiger partial charge in [-0.05, 0) is 49.6 Å². The monoisotopic (exact) mass is 361 g/mol. The number of carbonyl (C=O) groups excluding carboxylic acids is 1. The van der Waals surface area contributed by atoms with E-state index in [2.05, 4.69) is 5.32 Å². The van der Waals surface area contributed by atoms with Crippen LogP contribution in [0.15, 0.2) is 41.0 Å². The number of rotatable bonds is 6. The van der Waals surface area contributed by atoms with Gasteiger partial charge in [0, 0.05) is 23.5 Å². The molecule has 1 aromatic carbocycles. The SMILES string of the molecule is O=C(Nc1cc(Cl)ccc1OCC1CCCO1)C1CC1c1ccco1. The molecule has 1 aliphatic heterocycles. The predicted octanol–water partition coefficient (Wildman–Crippen LogP) is 4.23. The number of furan rings is 1. The number of anilines is 1. The third-order valence-electron chi connectivity index (χ3n) is 4.68. The first-order chi connectivity index (χ1) is 12.2. The first-order valence-corrected chi connectivity index (χ1v) is 8.97. The third-order valence-corrected chi connectivity index (χ3v) is 4.92. The molecule has 2 aromatic rings. The van der Waals surface area contributed by atoms with Crippen LogP contribution in [-0.4, -0.2) is 25.2 Å². The van der Waals surface area contributed by atoms with E-state index in [0.717, 1.165) is 31.6 Å². The van der Waals surface area contributed by atoms with Gasteiger partial charge in [0.15, 0.2) is 0 Å². The Morgan fingerprint density at radius 1 is 1.36 bits per heavy atom. The van der Waals surface area contributed by atoms with Crippen LogP contribution >= 0.6 is 11.6 Å². The Hall–Kier alpha value is -1.98. The van der Waals surface area contributed by atoms with Crippen LogP contribution in [0, 0.1) is 5.92 Å². The third kappa shape index (κ3) is 3.83. The number of ether oxygens (including phenoxy) is 2. The van der Waals surface area contributed by atoms with Crippen LogP contribution in [0.4, 0.5) is 5.69 Å². The Kier molecular flexibility index (Phi) is 4.68. The maximum Gasteiger partial charge on any atom is 0.228 e. The van der Waals surface area contributed by atoms with Crippen LogP contribution in [0.25, 0.3) is 0 Å². The van der Waals surface area contributed by atoms with Gasteiger partial charge < -0.3 is 19.2 Å². The molecule has 1 saturated heterocycles. The lowest BCUT2D eigenvalue weighted by atomic mass is 10.2. The molecule has 5 nitrogen and oxygen atoms in total. The molecule has 2 aliphatic rings. The van der Waals surface area contributed by atoms with Crippen molar-refractivity contribution in [2.24, 2.45) is 5.92 Å². The number of benzene rings is 1. The summed E-state index contributed by atoms with van der Waals surface area (Å²) in [5, 5.41) is 3.50. The van der Waals surface area contributed by atoms with Crippen molar-refractivity contribution in [1.29, 1.82) is 0 Å². The van der Waals surface area contributed by atoms with Crippen molar-refractivity contribution < 1.29 is 18.7 Å². The van der Waals surface area contributed by atoms with E-state index in [1.54, 1.807) is 24.5 Å². The lowest BCUT2D eigenvalue weighted by molar-refractivity contribution is -0.117. The second-order valence-electron chi connectivity index (χ2n) is 6.54. The molecule has 2 heterocycles. The van der Waals surface area contributed by atoms with Crippen molar-refractivity contribution >= 4 is 23.2 Å². The van der Waals surface area contributed by atoms with Crippen molar-refractivity contribution in [3.8, 4) is 5.75 Å². The Morgan fingerprint density at radius 2 is 2.28 bits per heavy atom. The average molecular weight is 362 g/mol. The van der Waals surface area contributed by atoms with Gasteiger partial charge in [-0.1, -0.05) is 11.6 Å². The first kappa shape index (κ1) is 16.5. The van der Waals surface area contributed by atoms with Gasteiger partial charge in [-0.3, -0.25) is 4.79 Å². The van der Waals surface area contributed by atoms with Crippen LogP contribution < -0.4 is 10.1 Å². The van der Waals surface area contributed by atoms with E-state index >= 15 is 0 Å². The van der Waals surface area contributed by atoms with Gasteiger partial charge in [0.1, 0.15) is 18.1 Å². The first-order valence-electron chi connectivity index (χ1n) is 8.59. The standard InChI is InChI=1S/C19H20ClNO4/c20-12-5-6-18(25-11-13-3-1-7-23-13)16(9-12)21-19(22)15-10-14(15)17-4-2-8-24-17/h2,4-6,8-9,13-15H,1,3,7,10-11H2,(H,21,22). The fourth-order valence-electron chi connectivity index (χ4n) is 3.21. The number of halogens is 1. The van der Waals surface area contributed by atoms with Crippen molar-refractivity contribution in [1.82, 2.24) is 0 Å². The molecule has 1 aliphatic carbocycles. The van der Waals surface area contributed by atoms with Gasteiger partial charge in [-0.2, -0.15) is 0 Å². The largest absolute Gasteiger partial charge is 0.489 e. The summed E-state index contributed by atoms with van der Waals surface area (Å²) in [6, 6.07) is 9.01. The number of hydrogen-bond donors (Lipinski definition) is 1. The van der Waals surface area contributed by atoms with Crippen molar-refractivity contribution in [2.45, 2.75) is 31.3 Å². The molecule has 0 spiro atoms. The fraction of sp³-hybridized carbons (Fsp3) is 0.421. The van der Waals surface area contributed by atoms with E-state index in [4.69, 9.17) is 25.5 Å². The van der Waals surface area contributed by atoms with Crippen LogP contribution in [0.1, 0.15) is 30.9 Å². The van der Waals surface area contributed by atoms with E-state index in [-0.39, 0.29) is 23.8 Å². The molecular weight excluding hydrogens is 342 g/mol. The molecule has 1 saturated carbocycles. The average Bonchev–Trinajstić information content (AvgIpc) is 3.02. The molecule has 1 N–H and O–H groups in total. The van der Waals surface area contributed by atoms with Gasteiger partial charge in [0.25, 0.3) is 0 Å². The summed E-state index contributed by atoms with van der Waals surface area (Å²) in [6.45, 7) is 1.26. The zero-order valence-corrected chi connectivity index (χ0v) is 14.5. The molecule has 1 amide bonds. The number of hydrogen-bond acceptors (Lipinski definition) is 4. The fourth-order valence-corrected chi connectivity index (χ4v) is 3.38. The van der Waals surface area contributed by atoms with E-state index in [0.29, 0.717) is 23.1 Å². The molecule has 2 fully saturated rings. The Bertz CT molecular complexity index is 740. The summed E-state index contributed by atoms with van der Waals surface area (Å²) in [5.74, 6) is 1.52. The normalized spacial score (nSPS) is 24.9. The number of amides is 1. The Balaban J connectivity index is 1.40. The maximum absolute atomic E-state index is 12.5. The minimum absolute atomic E-state index is 0.0365. The number of nitrogens with one attached hydrogen (secondary N) is 1. The summed E-state index contributed by atoms with van der Waals surface area (Å²) in [4.78, 5) is 12.5. The van der Waals surface area contributed by atoms with E-state index in [9.17, 15) is 4.79 Å². The zero-order valence-electron chi connectivity index (χ0n) is 13.7. The summed E-state index contributed by atoms with van der Waals surface area (Å²) in [7, 11) is 0. The number of carbonyl (C=O) groups is 1. The lowest BCUT2D eigenvalue weighted by Crippen LogP contribution is -2.19. The zero-order chi connectivity index (χ0) is 17.2. The Morgan fingerprint density at radius 3 is 3.04 bits per heavy atom. The summed E-state index contributed by atoms with van der Waals surface area (Å²) in [6.07, 6.45) is 4.62.